The summed E-state index contributed by atoms with van der Waals surface area (Å²) in [6, 6.07) is 0. The average Bonchev–Trinajstić information content (AvgIpc) is 2.73. The molecule has 0 spiro atoms. The predicted molar refractivity (Wildman–Crippen MR) is 56.5 cm³/mol. The van der Waals surface area contributed by atoms with Gasteiger partial charge in [0.2, 0.25) is 11.9 Å². The number of aromatic nitrogens is 3. The van der Waals surface area contributed by atoms with Gasteiger partial charge >= 0.3 is 0 Å². The Morgan fingerprint density at radius 1 is 1.50 bits per heavy atom. The van der Waals surface area contributed by atoms with E-state index in [0.717, 1.165) is 0 Å². The SMILES string of the molecule is Nc1n[nH]c(CCC(=O)N2CCOCC2)n1. The van der Waals surface area contributed by atoms with Gasteiger partial charge in [0.25, 0.3) is 0 Å². The first-order valence-corrected chi connectivity index (χ1v) is 5.28. The Labute approximate surface area is 93.0 Å². The summed E-state index contributed by atoms with van der Waals surface area (Å²) in [5.41, 5.74) is 5.36. The van der Waals surface area contributed by atoms with Gasteiger partial charge in [-0.05, 0) is 0 Å². The van der Waals surface area contributed by atoms with Gasteiger partial charge in [0.15, 0.2) is 0 Å². The van der Waals surface area contributed by atoms with Gasteiger partial charge in [-0.2, -0.15) is 4.98 Å². The number of hydrogen-bond donors (Lipinski definition) is 2. The van der Waals surface area contributed by atoms with Crippen LogP contribution in [-0.4, -0.2) is 52.3 Å². The van der Waals surface area contributed by atoms with Crippen LogP contribution >= 0.6 is 0 Å². The van der Waals surface area contributed by atoms with Gasteiger partial charge in [0, 0.05) is 25.9 Å². The first kappa shape index (κ1) is 10.9. The molecule has 1 aliphatic heterocycles. The van der Waals surface area contributed by atoms with Crippen LogP contribution in [0.5, 0.6) is 0 Å². The smallest absolute Gasteiger partial charge is 0.239 e. The minimum absolute atomic E-state index is 0.123. The van der Waals surface area contributed by atoms with E-state index in [1.807, 2.05) is 4.90 Å². The van der Waals surface area contributed by atoms with Crippen molar-refractivity contribution in [1.82, 2.24) is 20.1 Å². The number of aromatic amines is 1. The molecule has 16 heavy (non-hydrogen) atoms. The Morgan fingerprint density at radius 3 is 2.88 bits per heavy atom. The van der Waals surface area contributed by atoms with E-state index in [4.69, 9.17) is 10.5 Å². The quantitative estimate of drug-likeness (QED) is 0.700. The molecule has 3 N–H and O–H groups in total. The van der Waals surface area contributed by atoms with Gasteiger partial charge in [-0.1, -0.05) is 0 Å². The predicted octanol–water partition coefficient (Wildman–Crippen LogP) is -0.822. The van der Waals surface area contributed by atoms with Crippen molar-refractivity contribution in [3.05, 3.63) is 5.82 Å². The number of nitrogen functional groups attached to an aromatic ring is 1. The van der Waals surface area contributed by atoms with Crippen molar-refractivity contribution in [2.24, 2.45) is 0 Å². The molecule has 1 aromatic heterocycles. The Bertz CT molecular complexity index is 359. The van der Waals surface area contributed by atoms with Crippen molar-refractivity contribution in [3.63, 3.8) is 0 Å². The molecule has 7 heteroatoms. The van der Waals surface area contributed by atoms with E-state index in [1.54, 1.807) is 0 Å². The van der Waals surface area contributed by atoms with Crippen LogP contribution in [0.3, 0.4) is 0 Å². The third-order valence-electron chi connectivity index (χ3n) is 2.49. The molecule has 7 nitrogen and oxygen atoms in total. The largest absolute Gasteiger partial charge is 0.378 e. The lowest BCUT2D eigenvalue weighted by Gasteiger charge is -2.26. The Balaban J connectivity index is 1.78. The molecule has 0 aromatic carbocycles. The van der Waals surface area contributed by atoms with E-state index in [-0.39, 0.29) is 11.9 Å². The van der Waals surface area contributed by atoms with E-state index in [9.17, 15) is 4.79 Å². The number of aryl methyl sites for hydroxylation is 1. The van der Waals surface area contributed by atoms with Crippen molar-refractivity contribution in [3.8, 4) is 0 Å². The number of nitrogens with zero attached hydrogens (tertiary/aromatic N) is 3. The number of carbonyl (C=O) groups excluding carboxylic acids is 1. The van der Waals surface area contributed by atoms with Crippen molar-refractivity contribution < 1.29 is 9.53 Å². The topological polar surface area (TPSA) is 97.1 Å². The van der Waals surface area contributed by atoms with Crippen LogP contribution in [0, 0.1) is 0 Å². The van der Waals surface area contributed by atoms with Gasteiger partial charge in [-0.3, -0.25) is 9.89 Å². The third kappa shape index (κ3) is 2.69. The lowest BCUT2D eigenvalue weighted by molar-refractivity contribution is -0.135. The second kappa shape index (κ2) is 4.93. The molecule has 0 atom stereocenters. The molecule has 1 aliphatic rings. The van der Waals surface area contributed by atoms with Gasteiger partial charge in [0.05, 0.1) is 13.2 Å². The van der Waals surface area contributed by atoms with Crippen LogP contribution in [0.1, 0.15) is 12.2 Å². The normalized spacial score (nSPS) is 16.4. The fourth-order valence-corrected chi connectivity index (χ4v) is 1.62. The minimum Gasteiger partial charge on any atom is -0.378 e. The lowest BCUT2D eigenvalue weighted by Crippen LogP contribution is -2.40. The van der Waals surface area contributed by atoms with Crippen LogP contribution < -0.4 is 5.73 Å². The standard InChI is InChI=1S/C9H15N5O2/c10-9-11-7(12-13-9)1-2-8(15)14-3-5-16-6-4-14/h1-6H2,(H3,10,11,12,13). The van der Waals surface area contributed by atoms with Crippen molar-refractivity contribution >= 4 is 11.9 Å². The molecule has 0 bridgehead atoms. The summed E-state index contributed by atoms with van der Waals surface area (Å²) in [7, 11) is 0. The molecular formula is C9H15N5O2. The number of morpholine rings is 1. The number of ether oxygens (including phenoxy) is 1. The monoisotopic (exact) mass is 225 g/mol. The highest BCUT2D eigenvalue weighted by Gasteiger charge is 2.16. The Kier molecular flexibility index (Phi) is 3.35. The zero-order chi connectivity index (χ0) is 11.4. The highest BCUT2D eigenvalue weighted by atomic mass is 16.5. The number of hydrogen-bond acceptors (Lipinski definition) is 5. The number of amides is 1. The van der Waals surface area contributed by atoms with Crippen molar-refractivity contribution in [1.29, 1.82) is 0 Å². The maximum absolute atomic E-state index is 11.8. The maximum atomic E-state index is 11.8. The Hall–Kier alpha value is -1.63. The minimum atomic E-state index is 0.123. The Morgan fingerprint density at radius 2 is 2.25 bits per heavy atom. The van der Waals surface area contributed by atoms with Crippen LogP contribution in [0.25, 0.3) is 0 Å². The average molecular weight is 225 g/mol. The van der Waals surface area contributed by atoms with Crippen LogP contribution in [0.4, 0.5) is 5.95 Å². The number of carbonyl (C=O) groups is 1. The molecule has 0 aliphatic carbocycles. The van der Waals surface area contributed by atoms with E-state index in [0.29, 0.717) is 45.0 Å². The van der Waals surface area contributed by atoms with E-state index in [2.05, 4.69) is 15.2 Å². The summed E-state index contributed by atoms with van der Waals surface area (Å²) in [6.45, 7) is 2.61. The van der Waals surface area contributed by atoms with Gasteiger partial charge in [-0.15, -0.1) is 5.10 Å². The molecule has 0 unspecified atom stereocenters. The molecule has 1 fully saturated rings. The second-order valence-electron chi connectivity index (χ2n) is 3.63. The molecule has 1 aromatic rings. The second-order valence-corrected chi connectivity index (χ2v) is 3.63. The summed E-state index contributed by atoms with van der Waals surface area (Å²) in [4.78, 5) is 17.5. The summed E-state index contributed by atoms with van der Waals surface area (Å²) >= 11 is 0. The van der Waals surface area contributed by atoms with E-state index >= 15 is 0 Å². The zero-order valence-electron chi connectivity index (χ0n) is 8.98. The summed E-state index contributed by atoms with van der Waals surface area (Å²) < 4.78 is 5.18. The molecule has 88 valence electrons. The highest BCUT2D eigenvalue weighted by Crippen LogP contribution is 2.03. The third-order valence-corrected chi connectivity index (χ3v) is 2.49. The fourth-order valence-electron chi connectivity index (χ4n) is 1.62. The molecule has 2 heterocycles. The fraction of sp³-hybridized carbons (Fsp3) is 0.667. The van der Waals surface area contributed by atoms with E-state index in [1.165, 1.54) is 0 Å². The van der Waals surface area contributed by atoms with E-state index < -0.39 is 0 Å². The van der Waals surface area contributed by atoms with Gasteiger partial charge < -0.3 is 15.4 Å². The summed E-state index contributed by atoms with van der Waals surface area (Å²) in [6.07, 6.45) is 0.967. The number of anilines is 1. The van der Waals surface area contributed by atoms with Crippen LogP contribution in [0.15, 0.2) is 0 Å². The molecule has 1 saturated heterocycles. The molecule has 0 radical (unpaired) electrons. The van der Waals surface area contributed by atoms with Crippen LogP contribution in [-0.2, 0) is 16.0 Å². The number of H-pyrrole nitrogens is 1. The number of nitrogens with one attached hydrogen (secondary N) is 1. The van der Waals surface area contributed by atoms with Gasteiger partial charge in [-0.25, -0.2) is 0 Å². The zero-order valence-corrected chi connectivity index (χ0v) is 8.98. The molecular weight excluding hydrogens is 210 g/mol. The first-order valence-electron chi connectivity index (χ1n) is 5.28. The van der Waals surface area contributed by atoms with Gasteiger partial charge in [0.1, 0.15) is 5.82 Å². The van der Waals surface area contributed by atoms with Crippen LogP contribution in [0.2, 0.25) is 0 Å². The number of nitrogens with two attached hydrogens (primary N) is 1. The maximum Gasteiger partial charge on any atom is 0.239 e. The molecule has 2 rings (SSSR count). The summed E-state index contributed by atoms with van der Waals surface area (Å²) in [5.74, 6) is 0.992. The van der Waals surface area contributed by atoms with Crippen molar-refractivity contribution in [2.75, 3.05) is 32.0 Å². The molecule has 1 amide bonds. The first-order chi connectivity index (χ1) is 7.75. The number of rotatable bonds is 3. The van der Waals surface area contributed by atoms with Crippen molar-refractivity contribution in [2.45, 2.75) is 12.8 Å². The highest BCUT2D eigenvalue weighted by molar-refractivity contribution is 5.76. The summed E-state index contributed by atoms with van der Waals surface area (Å²) in [5, 5.41) is 6.39. The lowest BCUT2D eigenvalue weighted by atomic mass is 10.2. The molecule has 0 saturated carbocycles.